The van der Waals surface area contributed by atoms with Crippen molar-refractivity contribution in [3.05, 3.63) is 59.4 Å². The summed E-state index contributed by atoms with van der Waals surface area (Å²) in [6.07, 6.45) is 3.65. The molecule has 27 heavy (non-hydrogen) atoms. The van der Waals surface area contributed by atoms with Crippen molar-refractivity contribution >= 4 is 22.9 Å². The van der Waals surface area contributed by atoms with Crippen molar-refractivity contribution in [3.8, 4) is 16.3 Å². The summed E-state index contributed by atoms with van der Waals surface area (Å²) >= 11 is 0.978. The Hall–Kier alpha value is -2.91. The van der Waals surface area contributed by atoms with Gasteiger partial charge >= 0.3 is 0 Å². The lowest BCUT2D eigenvalue weighted by molar-refractivity contribution is 0.102. The number of aromatic nitrogens is 2. The Kier molecular flexibility index (Phi) is 6.05. The van der Waals surface area contributed by atoms with Crippen molar-refractivity contribution in [2.45, 2.75) is 6.42 Å². The molecule has 0 aliphatic rings. The van der Waals surface area contributed by atoms with Crippen LogP contribution >= 0.6 is 11.3 Å². The van der Waals surface area contributed by atoms with Crippen LogP contribution in [0.3, 0.4) is 0 Å². The van der Waals surface area contributed by atoms with Gasteiger partial charge in [0.1, 0.15) is 33.8 Å². The van der Waals surface area contributed by atoms with E-state index >= 15 is 0 Å². The van der Waals surface area contributed by atoms with Gasteiger partial charge in [0.2, 0.25) is 0 Å². The molecule has 0 aliphatic carbocycles. The molecule has 0 atom stereocenters. The number of halogens is 2. The average Bonchev–Trinajstić information content (AvgIpc) is 3.13. The molecule has 0 unspecified atom stereocenters. The van der Waals surface area contributed by atoms with E-state index in [1.165, 1.54) is 23.8 Å². The normalized spacial score (nSPS) is 10.6. The highest BCUT2D eigenvalue weighted by atomic mass is 32.1. The second-order valence-corrected chi connectivity index (χ2v) is 6.31. The summed E-state index contributed by atoms with van der Waals surface area (Å²) < 4.78 is 33.3. The number of nitrogens with one attached hydrogen (secondary N) is 1. The van der Waals surface area contributed by atoms with Crippen LogP contribution in [-0.2, 0) is 0 Å². The number of ether oxygens (including phenoxy) is 1. The number of anilines is 1. The number of hydrogen-bond donors (Lipinski definition) is 2. The van der Waals surface area contributed by atoms with Gasteiger partial charge < -0.3 is 15.8 Å². The van der Waals surface area contributed by atoms with E-state index in [9.17, 15) is 13.6 Å². The topological polar surface area (TPSA) is 90.1 Å². The largest absolute Gasteiger partial charge is 0.491 e. The average molecular weight is 390 g/mol. The molecule has 3 aromatic rings. The molecule has 0 saturated heterocycles. The minimum Gasteiger partial charge on any atom is -0.491 e. The van der Waals surface area contributed by atoms with Crippen LogP contribution in [0.4, 0.5) is 14.5 Å². The van der Waals surface area contributed by atoms with Gasteiger partial charge in [0.15, 0.2) is 0 Å². The van der Waals surface area contributed by atoms with Crippen molar-refractivity contribution in [1.82, 2.24) is 9.97 Å². The number of pyridine rings is 1. The molecule has 0 bridgehead atoms. The van der Waals surface area contributed by atoms with Gasteiger partial charge in [-0.05, 0) is 25.1 Å². The predicted octanol–water partition coefficient (Wildman–Crippen LogP) is 3.46. The van der Waals surface area contributed by atoms with E-state index in [2.05, 4.69) is 15.3 Å². The van der Waals surface area contributed by atoms with E-state index in [1.54, 1.807) is 6.07 Å². The lowest BCUT2D eigenvalue weighted by Crippen LogP contribution is -2.14. The Bertz CT molecular complexity index is 928. The quantitative estimate of drug-likeness (QED) is 0.603. The summed E-state index contributed by atoms with van der Waals surface area (Å²) in [6.45, 7) is 0.887. The lowest BCUT2D eigenvalue weighted by Gasteiger charge is -2.11. The maximum Gasteiger partial charge on any atom is 0.275 e. The third-order valence-corrected chi connectivity index (χ3v) is 4.41. The summed E-state index contributed by atoms with van der Waals surface area (Å²) in [5, 5.41) is 4.16. The summed E-state index contributed by atoms with van der Waals surface area (Å²) in [4.78, 5) is 20.5. The Balaban J connectivity index is 1.78. The Morgan fingerprint density at radius 3 is 2.78 bits per heavy atom. The zero-order chi connectivity index (χ0) is 19.2. The number of benzene rings is 1. The molecule has 0 spiro atoms. The van der Waals surface area contributed by atoms with Gasteiger partial charge in [-0.15, -0.1) is 11.3 Å². The molecule has 3 rings (SSSR count). The molecular formula is C18H16F2N4O2S. The molecule has 0 saturated carbocycles. The summed E-state index contributed by atoms with van der Waals surface area (Å²) in [7, 11) is 0. The molecular weight excluding hydrogens is 374 g/mol. The molecule has 2 aromatic heterocycles. The minimum atomic E-state index is -0.737. The number of thiazole rings is 1. The van der Waals surface area contributed by atoms with Crippen molar-refractivity contribution in [2.75, 3.05) is 18.5 Å². The molecule has 1 aromatic carbocycles. The van der Waals surface area contributed by atoms with Crippen LogP contribution in [0.5, 0.6) is 5.75 Å². The van der Waals surface area contributed by atoms with Gasteiger partial charge in [0.05, 0.1) is 18.4 Å². The van der Waals surface area contributed by atoms with Gasteiger partial charge in [-0.3, -0.25) is 9.78 Å². The van der Waals surface area contributed by atoms with Crippen LogP contribution in [0.15, 0.2) is 42.0 Å². The van der Waals surface area contributed by atoms with Gasteiger partial charge in [-0.1, -0.05) is 6.07 Å². The fourth-order valence-corrected chi connectivity index (χ4v) is 3.10. The zero-order valence-corrected chi connectivity index (χ0v) is 14.9. The van der Waals surface area contributed by atoms with Gasteiger partial charge in [0, 0.05) is 17.6 Å². The number of amides is 1. The molecule has 9 heteroatoms. The number of nitrogens with two attached hydrogens (primary N) is 1. The van der Waals surface area contributed by atoms with Crippen LogP contribution in [0.1, 0.15) is 16.9 Å². The second kappa shape index (κ2) is 8.65. The summed E-state index contributed by atoms with van der Waals surface area (Å²) in [5.74, 6) is -1.56. The first kappa shape index (κ1) is 18.9. The first-order valence-corrected chi connectivity index (χ1v) is 8.96. The van der Waals surface area contributed by atoms with Gasteiger partial charge in [0.25, 0.3) is 5.91 Å². The van der Waals surface area contributed by atoms with E-state index in [1.807, 2.05) is 0 Å². The van der Waals surface area contributed by atoms with E-state index < -0.39 is 17.5 Å². The van der Waals surface area contributed by atoms with E-state index in [0.29, 0.717) is 31.0 Å². The first-order valence-electron chi connectivity index (χ1n) is 8.08. The highest BCUT2D eigenvalue weighted by Gasteiger charge is 2.18. The zero-order valence-electron chi connectivity index (χ0n) is 14.1. The second-order valence-electron chi connectivity index (χ2n) is 5.45. The molecule has 3 N–H and O–H groups in total. The van der Waals surface area contributed by atoms with E-state index in [4.69, 9.17) is 10.5 Å². The standard InChI is InChI=1S/C18H16F2N4O2S/c19-11-3-1-4-12(20)16(11)18-24-14(10-27-18)17(25)23-13-9-22-7-5-15(13)26-8-2-6-21/h1,3-5,7,9-10H,2,6,8,21H2,(H,23,25). The number of carbonyl (C=O) groups excluding carboxylic acids is 1. The van der Waals surface area contributed by atoms with Crippen LogP contribution in [0.2, 0.25) is 0 Å². The van der Waals surface area contributed by atoms with Gasteiger partial charge in [-0.25, -0.2) is 13.8 Å². The first-order chi connectivity index (χ1) is 13.1. The maximum absolute atomic E-state index is 13.9. The third kappa shape index (κ3) is 4.44. The van der Waals surface area contributed by atoms with Crippen LogP contribution in [0.25, 0.3) is 10.6 Å². The van der Waals surface area contributed by atoms with Gasteiger partial charge in [-0.2, -0.15) is 0 Å². The number of hydrogen-bond acceptors (Lipinski definition) is 6. The Morgan fingerprint density at radius 2 is 2.04 bits per heavy atom. The van der Waals surface area contributed by atoms with Crippen molar-refractivity contribution in [2.24, 2.45) is 5.73 Å². The van der Waals surface area contributed by atoms with Crippen LogP contribution in [-0.4, -0.2) is 29.0 Å². The molecule has 1 amide bonds. The molecule has 140 valence electrons. The van der Waals surface area contributed by atoms with Crippen molar-refractivity contribution in [3.63, 3.8) is 0 Å². The van der Waals surface area contributed by atoms with Crippen LogP contribution < -0.4 is 15.8 Å². The maximum atomic E-state index is 13.9. The van der Waals surface area contributed by atoms with Crippen molar-refractivity contribution in [1.29, 1.82) is 0 Å². The van der Waals surface area contributed by atoms with E-state index in [-0.39, 0.29) is 16.3 Å². The summed E-state index contributed by atoms with van der Waals surface area (Å²) in [6, 6.07) is 5.16. The fourth-order valence-electron chi connectivity index (χ4n) is 2.25. The monoisotopic (exact) mass is 390 g/mol. The third-order valence-electron chi connectivity index (χ3n) is 3.55. The molecule has 6 nitrogen and oxygen atoms in total. The number of rotatable bonds is 7. The number of carbonyl (C=O) groups is 1. The van der Waals surface area contributed by atoms with Crippen LogP contribution in [0, 0.1) is 11.6 Å². The fraction of sp³-hybridized carbons (Fsp3) is 0.167. The smallest absolute Gasteiger partial charge is 0.275 e. The molecule has 0 radical (unpaired) electrons. The lowest BCUT2D eigenvalue weighted by atomic mass is 10.2. The Morgan fingerprint density at radius 1 is 1.26 bits per heavy atom. The summed E-state index contributed by atoms with van der Waals surface area (Å²) in [5.41, 5.74) is 5.58. The highest BCUT2D eigenvalue weighted by molar-refractivity contribution is 7.13. The highest BCUT2D eigenvalue weighted by Crippen LogP contribution is 2.29. The minimum absolute atomic E-state index is 0.0365. The van der Waals surface area contributed by atoms with E-state index in [0.717, 1.165) is 23.5 Å². The number of nitrogens with zero attached hydrogens (tertiary/aromatic N) is 2. The molecule has 0 fully saturated rings. The van der Waals surface area contributed by atoms with Crippen molar-refractivity contribution < 1.29 is 18.3 Å². The Labute approximate surface area is 158 Å². The SMILES string of the molecule is NCCCOc1ccncc1NC(=O)c1csc(-c2c(F)cccc2F)n1. The predicted molar refractivity (Wildman–Crippen MR) is 98.8 cm³/mol. The molecule has 0 aliphatic heterocycles. The molecule has 2 heterocycles.